The monoisotopic (exact) mass is 359 g/mol. The lowest BCUT2D eigenvalue weighted by atomic mass is 10.1. The molecule has 0 N–H and O–H groups in total. The van der Waals surface area contributed by atoms with Gasteiger partial charge in [-0.15, -0.1) is 0 Å². The first-order valence-electron chi connectivity index (χ1n) is 8.79. The topological polar surface area (TPSA) is 28.5 Å². The zero-order valence-electron chi connectivity index (χ0n) is 15.3. The molecule has 1 aliphatic heterocycles. The zero-order chi connectivity index (χ0) is 18.0. The number of aryl methyl sites for hydroxylation is 1. The molecule has 1 aromatic carbocycles. The minimum atomic E-state index is 0.226. The number of carbonyl (C=O) groups is 1. The summed E-state index contributed by atoms with van der Waals surface area (Å²) in [7, 11) is 2.01. The molecule has 1 aromatic heterocycles. The Hall–Kier alpha value is -1.62. The first kappa shape index (κ1) is 18.2. The summed E-state index contributed by atoms with van der Waals surface area (Å²) in [4.78, 5) is 17.3. The van der Waals surface area contributed by atoms with Gasteiger partial charge in [0.05, 0.1) is 6.54 Å². The first-order valence-corrected chi connectivity index (χ1v) is 9.17. The molecule has 0 spiro atoms. The van der Waals surface area contributed by atoms with Gasteiger partial charge in [0.25, 0.3) is 0 Å². The highest BCUT2D eigenvalue weighted by Gasteiger charge is 2.21. The van der Waals surface area contributed by atoms with Crippen LogP contribution in [0.5, 0.6) is 0 Å². The largest absolute Gasteiger partial charge is 0.351 e. The number of aromatic nitrogens is 1. The molecule has 0 atom stereocenters. The average molecular weight is 360 g/mol. The molecule has 0 saturated carbocycles. The van der Waals surface area contributed by atoms with E-state index in [0.717, 1.165) is 54.7 Å². The molecule has 0 amide bonds. The Morgan fingerprint density at radius 1 is 1.08 bits per heavy atom. The molecular formula is C20H26ClN3O. The Labute approximate surface area is 155 Å². The van der Waals surface area contributed by atoms with E-state index in [1.807, 2.05) is 45.2 Å². The van der Waals surface area contributed by atoms with E-state index < -0.39 is 0 Å². The second-order valence-corrected chi connectivity index (χ2v) is 7.39. The van der Waals surface area contributed by atoms with E-state index in [-0.39, 0.29) is 5.78 Å². The number of piperazine rings is 1. The lowest BCUT2D eigenvalue weighted by molar-refractivity contribution is 0.0843. The summed E-state index contributed by atoms with van der Waals surface area (Å²) in [6.45, 7) is 9.30. The van der Waals surface area contributed by atoms with Gasteiger partial charge in [0.15, 0.2) is 5.78 Å². The summed E-state index contributed by atoms with van der Waals surface area (Å²) in [5, 5.41) is 0.787. The van der Waals surface area contributed by atoms with Crippen LogP contribution in [-0.4, -0.2) is 52.9 Å². The van der Waals surface area contributed by atoms with Gasteiger partial charge in [-0.25, -0.2) is 0 Å². The van der Waals surface area contributed by atoms with Crippen molar-refractivity contribution >= 4 is 17.4 Å². The van der Waals surface area contributed by atoms with E-state index in [2.05, 4.69) is 20.4 Å². The van der Waals surface area contributed by atoms with Crippen molar-refractivity contribution in [1.82, 2.24) is 14.4 Å². The van der Waals surface area contributed by atoms with Gasteiger partial charge < -0.3 is 4.57 Å². The van der Waals surface area contributed by atoms with Crippen LogP contribution in [0.2, 0.25) is 5.02 Å². The molecule has 3 rings (SSSR count). The van der Waals surface area contributed by atoms with E-state index in [1.165, 1.54) is 5.56 Å². The molecule has 0 aliphatic carbocycles. The number of rotatable bonds is 5. The Kier molecular flexibility index (Phi) is 5.62. The van der Waals surface area contributed by atoms with Crippen molar-refractivity contribution < 1.29 is 4.79 Å². The van der Waals surface area contributed by atoms with Gasteiger partial charge in [-0.1, -0.05) is 23.7 Å². The number of ketones is 1. The maximum absolute atomic E-state index is 12.6. The van der Waals surface area contributed by atoms with E-state index in [9.17, 15) is 4.79 Å². The van der Waals surface area contributed by atoms with Gasteiger partial charge >= 0.3 is 0 Å². The third-order valence-corrected chi connectivity index (χ3v) is 5.44. The van der Waals surface area contributed by atoms with Crippen LogP contribution in [0.1, 0.15) is 27.3 Å². The molecular weight excluding hydrogens is 334 g/mol. The van der Waals surface area contributed by atoms with Crippen LogP contribution in [-0.2, 0) is 13.6 Å². The highest BCUT2D eigenvalue weighted by Crippen LogP contribution is 2.16. The van der Waals surface area contributed by atoms with E-state index in [0.29, 0.717) is 6.54 Å². The quantitative estimate of drug-likeness (QED) is 0.767. The molecule has 2 heterocycles. The lowest BCUT2D eigenvalue weighted by Crippen LogP contribution is -2.47. The van der Waals surface area contributed by atoms with Crippen molar-refractivity contribution in [2.45, 2.75) is 20.4 Å². The van der Waals surface area contributed by atoms with Crippen molar-refractivity contribution in [3.8, 4) is 0 Å². The standard InChI is InChI=1S/C20H26ClN3O/c1-15-11-19(16(2)22(15)3)20(25)14-24-9-7-23(8-10-24)13-17-5-4-6-18(21)12-17/h4-6,11-12H,7-10,13-14H2,1-3H3. The average Bonchev–Trinajstić information content (AvgIpc) is 2.84. The van der Waals surface area contributed by atoms with Gasteiger partial charge in [0.1, 0.15) is 0 Å². The predicted molar refractivity (Wildman–Crippen MR) is 102 cm³/mol. The Balaban J connectivity index is 1.52. The van der Waals surface area contributed by atoms with Gasteiger partial charge in [0, 0.05) is 61.7 Å². The number of benzene rings is 1. The van der Waals surface area contributed by atoms with Gasteiger partial charge in [-0.2, -0.15) is 0 Å². The summed E-state index contributed by atoms with van der Waals surface area (Å²) in [6, 6.07) is 10.0. The van der Waals surface area contributed by atoms with Crippen LogP contribution < -0.4 is 0 Å². The van der Waals surface area contributed by atoms with Gasteiger partial charge in [-0.3, -0.25) is 14.6 Å². The summed E-state index contributed by atoms with van der Waals surface area (Å²) >= 11 is 6.06. The second-order valence-electron chi connectivity index (χ2n) is 6.95. The first-order chi connectivity index (χ1) is 11.9. The number of carbonyl (C=O) groups excluding carboxylic acids is 1. The molecule has 134 valence electrons. The minimum absolute atomic E-state index is 0.226. The second kappa shape index (κ2) is 7.73. The fraction of sp³-hybridized carbons (Fsp3) is 0.450. The highest BCUT2D eigenvalue weighted by atomic mass is 35.5. The summed E-state index contributed by atoms with van der Waals surface area (Å²) in [6.07, 6.45) is 0. The van der Waals surface area contributed by atoms with Crippen LogP contribution >= 0.6 is 11.6 Å². The Bertz CT molecular complexity index is 760. The van der Waals surface area contributed by atoms with Gasteiger partial charge in [0.2, 0.25) is 0 Å². The minimum Gasteiger partial charge on any atom is -0.351 e. The van der Waals surface area contributed by atoms with Crippen molar-refractivity contribution in [3.63, 3.8) is 0 Å². The maximum Gasteiger partial charge on any atom is 0.178 e. The molecule has 0 radical (unpaired) electrons. The third-order valence-electron chi connectivity index (χ3n) is 5.20. The summed E-state index contributed by atoms with van der Waals surface area (Å²) in [5.41, 5.74) is 4.29. The van der Waals surface area contributed by atoms with Crippen molar-refractivity contribution in [2.75, 3.05) is 32.7 Å². The van der Waals surface area contributed by atoms with Crippen LogP contribution in [0.15, 0.2) is 30.3 Å². The number of halogens is 1. The summed E-state index contributed by atoms with van der Waals surface area (Å²) in [5.74, 6) is 0.226. The van der Waals surface area contributed by atoms with Gasteiger partial charge in [-0.05, 0) is 37.6 Å². The predicted octanol–water partition coefficient (Wildman–Crippen LogP) is 3.30. The Morgan fingerprint density at radius 2 is 1.76 bits per heavy atom. The molecule has 4 nitrogen and oxygen atoms in total. The van der Waals surface area contributed by atoms with Crippen molar-refractivity contribution in [1.29, 1.82) is 0 Å². The molecule has 1 aliphatic rings. The van der Waals surface area contributed by atoms with Crippen molar-refractivity contribution in [2.24, 2.45) is 7.05 Å². The van der Waals surface area contributed by atoms with E-state index >= 15 is 0 Å². The number of Topliss-reactive ketones (excluding diaryl/α,β-unsaturated/α-hetero) is 1. The highest BCUT2D eigenvalue weighted by molar-refractivity contribution is 6.30. The van der Waals surface area contributed by atoms with E-state index in [4.69, 9.17) is 11.6 Å². The summed E-state index contributed by atoms with van der Waals surface area (Å²) < 4.78 is 2.08. The Morgan fingerprint density at radius 3 is 2.36 bits per heavy atom. The smallest absolute Gasteiger partial charge is 0.178 e. The molecule has 2 aromatic rings. The maximum atomic E-state index is 12.6. The SMILES string of the molecule is Cc1cc(C(=O)CN2CCN(Cc3cccc(Cl)c3)CC2)c(C)n1C. The fourth-order valence-electron chi connectivity index (χ4n) is 3.42. The van der Waals surface area contributed by atoms with Crippen LogP contribution in [0.25, 0.3) is 0 Å². The van der Waals surface area contributed by atoms with Crippen LogP contribution in [0.4, 0.5) is 0 Å². The number of hydrogen-bond acceptors (Lipinski definition) is 3. The van der Waals surface area contributed by atoms with E-state index in [1.54, 1.807) is 0 Å². The lowest BCUT2D eigenvalue weighted by Gasteiger charge is -2.34. The van der Waals surface area contributed by atoms with Crippen LogP contribution in [0, 0.1) is 13.8 Å². The zero-order valence-corrected chi connectivity index (χ0v) is 16.0. The normalized spacial score (nSPS) is 16.3. The third kappa shape index (κ3) is 4.32. The number of nitrogens with zero attached hydrogens (tertiary/aromatic N) is 3. The molecule has 0 bridgehead atoms. The van der Waals surface area contributed by atoms with Crippen molar-refractivity contribution in [3.05, 3.63) is 57.9 Å². The molecule has 1 saturated heterocycles. The molecule has 25 heavy (non-hydrogen) atoms. The molecule has 0 unspecified atom stereocenters. The molecule has 1 fully saturated rings. The van der Waals surface area contributed by atoms with Crippen LogP contribution in [0.3, 0.4) is 0 Å². The number of hydrogen-bond donors (Lipinski definition) is 0. The fourth-order valence-corrected chi connectivity index (χ4v) is 3.64. The molecule has 5 heteroatoms.